The van der Waals surface area contributed by atoms with Crippen LogP contribution in [0.1, 0.15) is 16.8 Å². The third-order valence-electron chi connectivity index (χ3n) is 2.35. The molecule has 0 bridgehead atoms. The van der Waals surface area contributed by atoms with Crippen LogP contribution in [0, 0.1) is 13.8 Å². The third-order valence-corrected chi connectivity index (χ3v) is 3.23. The summed E-state index contributed by atoms with van der Waals surface area (Å²) in [6.07, 6.45) is 3.30. The van der Waals surface area contributed by atoms with E-state index in [2.05, 4.69) is 10.3 Å². The van der Waals surface area contributed by atoms with Gasteiger partial charge in [-0.2, -0.15) is 0 Å². The number of carbonyl (C=O) groups excluding carboxylic acids is 1. The molecule has 0 aliphatic rings. The molecule has 0 aliphatic carbocycles. The number of anilines is 1. The Kier molecular flexibility index (Phi) is 3.89. The van der Waals surface area contributed by atoms with Gasteiger partial charge in [0, 0.05) is 11.5 Å². The molecule has 0 aliphatic heterocycles. The minimum atomic E-state index is -0.162. The lowest BCUT2D eigenvalue weighted by Gasteiger charge is -1.96. The number of thiazole rings is 1. The second-order valence-electron chi connectivity index (χ2n) is 4.03. The summed E-state index contributed by atoms with van der Waals surface area (Å²) < 4.78 is 0. The van der Waals surface area contributed by atoms with Crippen molar-refractivity contribution < 1.29 is 4.79 Å². The Balaban J connectivity index is 1.96. The van der Waals surface area contributed by atoms with E-state index in [-0.39, 0.29) is 5.91 Å². The standard InChI is InChI=1S/C14H14N2OS/c1-10-3-5-12(6-4-10)7-8-13(17)16-14-15-11(2)9-18-14/h3-9H,1-2H3,(H,15,16,17)/b8-7+. The van der Waals surface area contributed by atoms with E-state index in [0.717, 1.165) is 11.3 Å². The van der Waals surface area contributed by atoms with Gasteiger partial charge in [-0.05, 0) is 25.5 Å². The Morgan fingerprint density at radius 2 is 2.00 bits per heavy atom. The van der Waals surface area contributed by atoms with E-state index in [0.29, 0.717) is 5.13 Å². The van der Waals surface area contributed by atoms with Crippen LogP contribution in [0.25, 0.3) is 6.08 Å². The summed E-state index contributed by atoms with van der Waals surface area (Å²) >= 11 is 1.42. The van der Waals surface area contributed by atoms with Gasteiger partial charge in [0.1, 0.15) is 0 Å². The van der Waals surface area contributed by atoms with Crippen molar-refractivity contribution in [3.63, 3.8) is 0 Å². The summed E-state index contributed by atoms with van der Waals surface area (Å²) in [4.78, 5) is 15.8. The summed E-state index contributed by atoms with van der Waals surface area (Å²) in [6.45, 7) is 3.93. The first-order valence-electron chi connectivity index (χ1n) is 5.61. The van der Waals surface area contributed by atoms with Gasteiger partial charge in [0.05, 0.1) is 5.69 Å². The minimum Gasteiger partial charge on any atom is -0.298 e. The van der Waals surface area contributed by atoms with Crippen LogP contribution in [0.3, 0.4) is 0 Å². The highest BCUT2D eigenvalue weighted by Crippen LogP contribution is 2.14. The predicted octanol–water partition coefficient (Wildman–Crippen LogP) is 3.41. The van der Waals surface area contributed by atoms with Crippen LogP contribution in [0.4, 0.5) is 5.13 Å². The number of carbonyl (C=O) groups is 1. The fourth-order valence-electron chi connectivity index (χ4n) is 1.41. The van der Waals surface area contributed by atoms with Crippen molar-refractivity contribution in [2.24, 2.45) is 0 Å². The van der Waals surface area contributed by atoms with Crippen LogP contribution in [0.15, 0.2) is 35.7 Å². The second kappa shape index (κ2) is 5.60. The zero-order valence-electron chi connectivity index (χ0n) is 10.3. The smallest absolute Gasteiger partial charge is 0.250 e. The third kappa shape index (κ3) is 3.53. The highest BCUT2D eigenvalue weighted by molar-refractivity contribution is 7.13. The number of amides is 1. The molecule has 0 saturated heterocycles. The molecular formula is C14H14N2OS. The van der Waals surface area contributed by atoms with Gasteiger partial charge in [-0.25, -0.2) is 4.98 Å². The molecule has 4 heteroatoms. The fourth-order valence-corrected chi connectivity index (χ4v) is 2.10. The van der Waals surface area contributed by atoms with Crippen LogP contribution in [0.2, 0.25) is 0 Å². The van der Waals surface area contributed by atoms with Crippen LogP contribution < -0.4 is 5.32 Å². The molecule has 0 atom stereocenters. The fraction of sp³-hybridized carbons (Fsp3) is 0.143. The molecule has 18 heavy (non-hydrogen) atoms. The van der Waals surface area contributed by atoms with Crippen LogP contribution in [-0.4, -0.2) is 10.9 Å². The topological polar surface area (TPSA) is 42.0 Å². The van der Waals surface area contributed by atoms with Crippen molar-refractivity contribution in [1.29, 1.82) is 0 Å². The van der Waals surface area contributed by atoms with Crippen molar-refractivity contribution in [2.75, 3.05) is 5.32 Å². The first kappa shape index (κ1) is 12.5. The summed E-state index contributed by atoms with van der Waals surface area (Å²) in [5.41, 5.74) is 3.12. The molecule has 3 nitrogen and oxygen atoms in total. The normalized spacial score (nSPS) is 10.8. The lowest BCUT2D eigenvalue weighted by molar-refractivity contribution is -0.111. The molecule has 0 saturated carbocycles. The average molecular weight is 258 g/mol. The zero-order chi connectivity index (χ0) is 13.0. The number of aryl methyl sites for hydroxylation is 2. The van der Waals surface area contributed by atoms with Gasteiger partial charge in [0.2, 0.25) is 5.91 Å². The maximum atomic E-state index is 11.6. The molecule has 2 rings (SSSR count). The van der Waals surface area contributed by atoms with E-state index < -0.39 is 0 Å². The largest absolute Gasteiger partial charge is 0.298 e. The summed E-state index contributed by atoms with van der Waals surface area (Å²) in [5.74, 6) is -0.162. The molecule has 1 amide bonds. The van der Waals surface area contributed by atoms with E-state index in [9.17, 15) is 4.79 Å². The van der Waals surface area contributed by atoms with Gasteiger partial charge in [0.15, 0.2) is 5.13 Å². The molecule has 0 spiro atoms. The molecule has 2 aromatic rings. The highest BCUT2D eigenvalue weighted by Gasteiger charge is 2.01. The average Bonchev–Trinajstić information content (AvgIpc) is 2.74. The molecule has 0 unspecified atom stereocenters. The Morgan fingerprint density at radius 3 is 2.61 bits per heavy atom. The van der Waals surface area contributed by atoms with Crippen molar-refractivity contribution in [3.8, 4) is 0 Å². The number of hydrogen-bond acceptors (Lipinski definition) is 3. The number of hydrogen-bond donors (Lipinski definition) is 1. The number of benzene rings is 1. The molecule has 92 valence electrons. The molecule has 1 aromatic carbocycles. The van der Waals surface area contributed by atoms with Crippen LogP contribution in [0.5, 0.6) is 0 Å². The zero-order valence-corrected chi connectivity index (χ0v) is 11.1. The second-order valence-corrected chi connectivity index (χ2v) is 4.89. The van der Waals surface area contributed by atoms with Gasteiger partial charge in [-0.15, -0.1) is 11.3 Å². The summed E-state index contributed by atoms with van der Waals surface area (Å²) in [6, 6.07) is 7.99. The Labute approximate surface area is 110 Å². The van der Waals surface area contributed by atoms with Gasteiger partial charge >= 0.3 is 0 Å². The first-order chi connectivity index (χ1) is 8.63. The quantitative estimate of drug-likeness (QED) is 0.857. The monoisotopic (exact) mass is 258 g/mol. The maximum Gasteiger partial charge on any atom is 0.250 e. The SMILES string of the molecule is Cc1ccc(/C=C/C(=O)Nc2nc(C)cs2)cc1. The number of rotatable bonds is 3. The minimum absolute atomic E-state index is 0.162. The Bertz CT molecular complexity index is 570. The van der Waals surface area contributed by atoms with Crippen molar-refractivity contribution >= 4 is 28.5 Å². The number of aromatic nitrogens is 1. The van der Waals surface area contributed by atoms with Gasteiger partial charge in [-0.3, -0.25) is 10.1 Å². The van der Waals surface area contributed by atoms with Crippen molar-refractivity contribution in [2.45, 2.75) is 13.8 Å². The number of nitrogens with zero attached hydrogens (tertiary/aromatic N) is 1. The van der Waals surface area contributed by atoms with E-state index in [4.69, 9.17) is 0 Å². The van der Waals surface area contributed by atoms with Crippen molar-refractivity contribution in [3.05, 3.63) is 52.5 Å². The van der Waals surface area contributed by atoms with Crippen LogP contribution >= 0.6 is 11.3 Å². The van der Waals surface area contributed by atoms with E-state index in [1.807, 2.05) is 43.5 Å². The van der Waals surface area contributed by atoms with E-state index >= 15 is 0 Å². The molecule has 0 fully saturated rings. The predicted molar refractivity (Wildman–Crippen MR) is 75.7 cm³/mol. The van der Waals surface area contributed by atoms with E-state index in [1.54, 1.807) is 6.08 Å². The summed E-state index contributed by atoms with van der Waals surface area (Å²) in [5, 5.41) is 5.26. The molecule has 1 N–H and O–H groups in total. The highest BCUT2D eigenvalue weighted by atomic mass is 32.1. The van der Waals surface area contributed by atoms with Gasteiger partial charge in [-0.1, -0.05) is 29.8 Å². The lowest BCUT2D eigenvalue weighted by atomic mass is 10.1. The Morgan fingerprint density at radius 1 is 1.28 bits per heavy atom. The van der Waals surface area contributed by atoms with Gasteiger partial charge < -0.3 is 0 Å². The molecular weight excluding hydrogens is 244 g/mol. The summed E-state index contributed by atoms with van der Waals surface area (Å²) in [7, 11) is 0. The van der Waals surface area contributed by atoms with E-state index in [1.165, 1.54) is 23.0 Å². The molecule has 1 heterocycles. The van der Waals surface area contributed by atoms with Crippen molar-refractivity contribution in [1.82, 2.24) is 4.98 Å². The first-order valence-corrected chi connectivity index (χ1v) is 6.49. The maximum absolute atomic E-state index is 11.6. The molecule has 1 aromatic heterocycles. The van der Waals surface area contributed by atoms with Gasteiger partial charge in [0.25, 0.3) is 0 Å². The lowest BCUT2D eigenvalue weighted by Crippen LogP contribution is -2.07. The van der Waals surface area contributed by atoms with Crippen LogP contribution in [-0.2, 0) is 4.79 Å². The Hall–Kier alpha value is -1.94. The molecule has 0 radical (unpaired) electrons. The number of nitrogens with one attached hydrogen (secondary N) is 1.